The molecular formula is C12H15FO. The van der Waals surface area contributed by atoms with Crippen molar-refractivity contribution >= 4 is 0 Å². The molecule has 2 atom stereocenters. The lowest BCUT2D eigenvalue weighted by Crippen LogP contribution is -1.92. The summed E-state index contributed by atoms with van der Waals surface area (Å²) in [6, 6.07) is 4.84. The molecule has 0 aromatic heterocycles. The van der Waals surface area contributed by atoms with Crippen LogP contribution in [-0.2, 0) is 0 Å². The Morgan fingerprint density at radius 1 is 1.50 bits per heavy atom. The second-order valence-electron chi connectivity index (χ2n) is 3.90. The Morgan fingerprint density at radius 2 is 2.29 bits per heavy atom. The van der Waals surface area contributed by atoms with Crippen molar-refractivity contribution < 1.29 is 9.13 Å². The van der Waals surface area contributed by atoms with Crippen LogP contribution in [0.25, 0.3) is 0 Å². The summed E-state index contributed by atoms with van der Waals surface area (Å²) in [6.45, 7) is 2.20. The van der Waals surface area contributed by atoms with Crippen molar-refractivity contribution in [3.05, 3.63) is 29.6 Å². The SMILES string of the molecule is CCC1CC1c1ccc(F)cc1OC. The summed E-state index contributed by atoms with van der Waals surface area (Å²) in [6.07, 6.45) is 2.42. The van der Waals surface area contributed by atoms with E-state index in [0.717, 1.165) is 5.92 Å². The van der Waals surface area contributed by atoms with E-state index in [1.54, 1.807) is 7.11 Å². The maximum atomic E-state index is 12.9. The van der Waals surface area contributed by atoms with Crippen molar-refractivity contribution in [3.63, 3.8) is 0 Å². The zero-order valence-electron chi connectivity index (χ0n) is 8.59. The highest BCUT2D eigenvalue weighted by molar-refractivity contribution is 5.40. The highest BCUT2D eigenvalue weighted by Crippen LogP contribution is 2.51. The van der Waals surface area contributed by atoms with Crippen LogP contribution in [0.15, 0.2) is 18.2 Å². The van der Waals surface area contributed by atoms with Gasteiger partial charge in [0.15, 0.2) is 0 Å². The first-order chi connectivity index (χ1) is 6.76. The third kappa shape index (κ3) is 1.61. The van der Waals surface area contributed by atoms with Gasteiger partial charge < -0.3 is 4.74 Å². The van der Waals surface area contributed by atoms with Gasteiger partial charge in [0.2, 0.25) is 0 Å². The van der Waals surface area contributed by atoms with Gasteiger partial charge in [0, 0.05) is 6.07 Å². The summed E-state index contributed by atoms with van der Waals surface area (Å²) >= 11 is 0. The van der Waals surface area contributed by atoms with E-state index in [9.17, 15) is 4.39 Å². The van der Waals surface area contributed by atoms with Crippen molar-refractivity contribution in [1.82, 2.24) is 0 Å². The molecule has 0 radical (unpaired) electrons. The van der Waals surface area contributed by atoms with Gasteiger partial charge >= 0.3 is 0 Å². The van der Waals surface area contributed by atoms with E-state index in [4.69, 9.17) is 4.74 Å². The van der Waals surface area contributed by atoms with Crippen LogP contribution >= 0.6 is 0 Å². The fourth-order valence-electron chi connectivity index (χ4n) is 2.07. The van der Waals surface area contributed by atoms with Gasteiger partial charge in [0.05, 0.1) is 7.11 Å². The van der Waals surface area contributed by atoms with Crippen LogP contribution in [0.4, 0.5) is 4.39 Å². The van der Waals surface area contributed by atoms with Gasteiger partial charge in [0.1, 0.15) is 11.6 Å². The first kappa shape index (κ1) is 9.50. The standard InChI is InChI=1S/C12H15FO/c1-3-8-6-11(8)10-5-4-9(13)7-12(10)14-2/h4-5,7-8,11H,3,6H2,1-2H3. The molecule has 2 heteroatoms. The molecule has 2 rings (SSSR count). The lowest BCUT2D eigenvalue weighted by molar-refractivity contribution is 0.405. The monoisotopic (exact) mass is 194 g/mol. The maximum absolute atomic E-state index is 12.9. The lowest BCUT2D eigenvalue weighted by Gasteiger charge is -2.07. The van der Waals surface area contributed by atoms with E-state index in [-0.39, 0.29) is 5.82 Å². The fourth-order valence-corrected chi connectivity index (χ4v) is 2.07. The van der Waals surface area contributed by atoms with E-state index < -0.39 is 0 Å². The van der Waals surface area contributed by atoms with E-state index in [2.05, 4.69) is 6.92 Å². The van der Waals surface area contributed by atoms with Crippen LogP contribution in [0.3, 0.4) is 0 Å². The molecule has 0 N–H and O–H groups in total. The highest BCUT2D eigenvalue weighted by Gasteiger charge is 2.38. The van der Waals surface area contributed by atoms with Crippen LogP contribution < -0.4 is 4.74 Å². The fraction of sp³-hybridized carbons (Fsp3) is 0.500. The Balaban J connectivity index is 2.25. The molecule has 0 bridgehead atoms. The second-order valence-corrected chi connectivity index (χ2v) is 3.90. The van der Waals surface area contributed by atoms with Crippen LogP contribution in [0.5, 0.6) is 5.75 Å². The van der Waals surface area contributed by atoms with Crippen LogP contribution in [0.2, 0.25) is 0 Å². The van der Waals surface area contributed by atoms with Gasteiger partial charge in [-0.2, -0.15) is 0 Å². The minimum Gasteiger partial charge on any atom is -0.496 e. The Hall–Kier alpha value is -1.05. The average Bonchev–Trinajstić information content (AvgIpc) is 2.96. The first-order valence-corrected chi connectivity index (χ1v) is 5.09. The molecule has 1 fully saturated rings. The third-order valence-electron chi connectivity index (χ3n) is 3.04. The molecule has 0 amide bonds. The molecule has 1 aliphatic rings. The lowest BCUT2D eigenvalue weighted by atomic mass is 10.1. The zero-order chi connectivity index (χ0) is 10.1. The zero-order valence-corrected chi connectivity index (χ0v) is 8.59. The van der Waals surface area contributed by atoms with E-state index in [1.807, 2.05) is 6.07 Å². The van der Waals surface area contributed by atoms with E-state index in [1.165, 1.54) is 30.5 Å². The van der Waals surface area contributed by atoms with Gasteiger partial charge in [-0.05, 0) is 29.9 Å². The number of methoxy groups -OCH3 is 1. The predicted molar refractivity (Wildman–Crippen MR) is 54.1 cm³/mol. The second kappa shape index (κ2) is 3.60. The minimum atomic E-state index is -0.223. The van der Waals surface area contributed by atoms with Crippen molar-refractivity contribution in [3.8, 4) is 5.75 Å². The van der Waals surface area contributed by atoms with Crippen LogP contribution in [0.1, 0.15) is 31.2 Å². The van der Waals surface area contributed by atoms with E-state index in [0.29, 0.717) is 11.7 Å². The number of halogens is 1. The molecule has 1 aromatic carbocycles. The summed E-state index contributed by atoms with van der Waals surface area (Å²) in [5.74, 6) is 1.84. The number of hydrogen-bond donors (Lipinski definition) is 0. The Labute approximate surface area is 83.9 Å². The van der Waals surface area contributed by atoms with Crippen molar-refractivity contribution in [1.29, 1.82) is 0 Å². The van der Waals surface area contributed by atoms with Gasteiger partial charge in [-0.1, -0.05) is 19.4 Å². The van der Waals surface area contributed by atoms with Gasteiger partial charge in [0.25, 0.3) is 0 Å². The van der Waals surface area contributed by atoms with Crippen LogP contribution in [0, 0.1) is 11.7 Å². The number of benzene rings is 1. The van der Waals surface area contributed by atoms with Crippen molar-refractivity contribution in [2.24, 2.45) is 5.92 Å². The number of rotatable bonds is 3. The Kier molecular flexibility index (Phi) is 2.44. The normalized spacial score (nSPS) is 24.8. The number of hydrogen-bond acceptors (Lipinski definition) is 1. The molecule has 0 spiro atoms. The molecule has 2 unspecified atom stereocenters. The van der Waals surface area contributed by atoms with Gasteiger partial charge in [-0.3, -0.25) is 0 Å². The molecule has 1 nitrogen and oxygen atoms in total. The summed E-state index contributed by atoms with van der Waals surface area (Å²) < 4.78 is 18.1. The molecule has 1 saturated carbocycles. The summed E-state index contributed by atoms with van der Waals surface area (Å²) in [5, 5.41) is 0. The predicted octanol–water partition coefficient (Wildman–Crippen LogP) is 3.35. The molecule has 0 heterocycles. The summed E-state index contributed by atoms with van der Waals surface area (Å²) in [5.41, 5.74) is 1.17. The third-order valence-corrected chi connectivity index (χ3v) is 3.04. The van der Waals surface area contributed by atoms with Crippen LogP contribution in [-0.4, -0.2) is 7.11 Å². The molecule has 14 heavy (non-hydrogen) atoms. The quantitative estimate of drug-likeness (QED) is 0.717. The van der Waals surface area contributed by atoms with Gasteiger partial charge in [-0.15, -0.1) is 0 Å². The average molecular weight is 194 g/mol. The molecule has 0 aliphatic heterocycles. The Bertz CT molecular complexity index is 335. The van der Waals surface area contributed by atoms with Gasteiger partial charge in [-0.25, -0.2) is 4.39 Å². The molecule has 0 saturated heterocycles. The molecule has 1 aromatic rings. The summed E-state index contributed by atoms with van der Waals surface area (Å²) in [4.78, 5) is 0. The smallest absolute Gasteiger partial charge is 0.126 e. The maximum Gasteiger partial charge on any atom is 0.126 e. The molecular weight excluding hydrogens is 179 g/mol. The molecule has 1 aliphatic carbocycles. The topological polar surface area (TPSA) is 9.23 Å². The van der Waals surface area contributed by atoms with Crippen molar-refractivity contribution in [2.75, 3.05) is 7.11 Å². The summed E-state index contributed by atoms with van der Waals surface area (Å²) in [7, 11) is 1.60. The first-order valence-electron chi connectivity index (χ1n) is 5.09. The van der Waals surface area contributed by atoms with E-state index >= 15 is 0 Å². The Morgan fingerprint density at radius 3 is 2.86 bits per heavy atom. The minimum absolute atomic E-state index is 0.223. The largest absolute Gasteiger partial charge is 0.496 e. The highest BCUT2D eigenvalue weighted by atomic mass is 19.1. The van der Waals surface area contributed by atoms with Crippen molar-refractivity contribution in [2.45, 2.75) is 25.7 Å². The number of ether oxygens (including phenoxy) is 1. The molecule has 76 valence electrons.